The molecule has 0 bridgehead atoms. The second kappa shape index (κ2) is 6.81. The predicted molar refractivity (Wildman–Crippen MR) is 86.5 cm³/mol. The fourth-order valence-corrected chi connectivity index (χ4v) is 3.03. The molecule has 0 saturated carbocycles. The highest BCUT2D eigenvalue weighted by Crippen LogP contribution is 2.28. The topological polar surface area (TPSA) is 28.4 Å². The fourth-order valence-electron chi connectivity index (χ4n) is 3.03. The normalized spacial score (nSPS) is 14.8. The Morgan fingerprint density at radius 1 is 1.19 bits per heavy atom. The smallest absolute Gasteiger partial charge is 0.127 e. The van der Waals surface area contributed by atoms with Crippen molar-refractivity contribution in [3.8, 4) is 0 Å². The van der Waals surface area contributed by atoms with Crippen LogP contribution in [0.1, 0.15) is 36.7 Å². The molecule has 1 aliphatic rings. The van der Waals surface area contributed by atoms with Gasteiger partial charge >= 0.3 is 0 Å². The van der Waals surface area contributed by atoms with Gasteiger partial charge in [-0.3, -0.25) is 0 Å². The lowest BCUT2D eigenvalue weighted by molar-refractivity contribution is 0.494. The molecule has 0 atom stereocenters. The van der Waals surface area contributed by atoms with Crippen molar-refractivity contribution in [3.63, 3.8) is 0 Å². The third-order valence-electron chi connectivity index (χ3n) is 4.19. The summed E-state index contributed by atoms with van der Waals surface area (Å²) in [7, 11) is 0. The molecule has 112 valence electrons. The Balaban J connectivity index is 1.80. The number of para-hydroxylation sites is 1. The first-order valence-electron chi connectivity index (χ1n) is 7.97. The SMILES string of the molecule is CCNCc1ccoc1CN1CCCCc2ccccc21. The van der Waals surface area contributed by atoms with E-state index in [4.69, 9.17) is 4.42 Å². The first-order chi connectivity index (χ1) is 10.4. The maximum Gasteiger partial charge on any atom is 0.127 e. The third-order valence-corrected chi connectivity index (χ3v) is 4.19. The Labute approximate surface area is 127 Å². The highest BCUT2D eigenvalue weighted by Gasteiger charge is 2.17. The molecule has 0 fully saturated rings. The largest absolute Gasteiger partial charge is 0.467 e. The number of nitrogens with zero attached hydrogens (tertiary/aromatic N) is 1. The molecule has 0 spiro atoms. The monoisotopic (exact) mass is 284 g/mol. The van der Waals surface area contributed by atoms with E-state index in [0.29, 0.717) is 0 Å². The molecule has 3 nitrogen and oxygen atoms in total. The summed E-state index contributed by atoms with van der Waals surface area (Å²) in [4.78, 5) is 2.47. The maximum absolute atomic E-state index is 5.74. The second-order valence-corrected chi connectivity index (χ2v) is 5.66. The number of aryl methyl sites for hydroxylation is 1. The van der Waals surface area contributed by atoms with Crippen molar-refractivity contribution in [3.05, 3.63) is 53.5 Å². The summed E-state index contributed by atoms with van der Waals surface area (Å²) in [6, 6.07) is 10.9. The zero-order chi connectivity index (χ0) is 14.5. The highest BCUT2D eigenvalue weighted by atomic mass is 16.3. The summed E-state index contributed by atoms with van der Waals surface area (Å²) >= 11 is 0. The molecule has 0 saturated heterocycles. The summed E-state index contributed by atoms with van der Waals surface area (Å²) in [6.07, 6.45) is 5.52. The minimum absolute atomic E-state index is 0.866. The summed E-state index contributed by atoms with van der Waals surface area (Å²) < 4.78 is 5.74. The number of hydrogen-bond acceptors (Lipinski definition) is 3. The Kier molecular flexibility index (Phi) is 4.61. The van der Waals surface area contributed by atoms with Gasteiger partial charge in [-0.2, -0.15) is 0 Å². The van der Waals surface area contributed by atoms with E-state index >= 15 is 0 Å². The van der Waals surface area contributed by atoms with E-state index in [2.05, 4.69) is 47.5 Å². The van der Waals surface area contributed by atoms with Gasteiger partial charge in [0.1, 0.15) is 5.76 Å². The van der Waals surface area contributed by atoms with Crippen molar-refractivity contribution in [2.24, 2.45) is 0 Å². The second-order valence-electron chi connectivity index (χ2n) is 5.66. The highest BCUT2D eigenvalue weighted by molar-refractivity contribution is 5.54. The van der Waals surface area contributed by atoms with Gasteiger partial charge in [-0.15, -0.1) is 0 Å². The number of nitrogens with one attached hydrogen (secondary N) is 1. The predicted octanol–water partition coefficient (Wildman–Crippen LogP) is 3.73. The van der Waals surface area contributed by atoms with Gasteiger partial charge in [-0.05, 0) is 43.5 Å². The van der Waals surface area contributed by atoms with Crippen LogP contribution in [0.2, 0.25) is 0 Å². The molecule has 0 unspecified atom stereocenters. The molecule has 1 aromatic carbocycles. The van der Waals surface area contributed by atoms with E-state index in [1.807, 2.05) is 6.26 Å². The van der Waals surface area contributed by atoms with Gasteiger partial charge in [0.25, 0.3) is 0 Å². The Morgan fingerprint density at radius 3 is 3.00 bits per heavy atom. The summed E-state index contributed by atoms with van der Waals surface area (Å²) in [5.74, 6) is 1.09. The molecule has 1 aromatic heterocycles. The first kappa shape index (κ1) is 14.2. The molecule has 21 heavy (non-hydrogen) atoms. The van der Waals surface area contributed by atoms with E-state index < -0.39 is 0 Å². The zero-order valence-electron chi connectivity index (χ0n) is 12.8. The molecule has 3 rings (SSSR count). The summed E-state index contributed by atoms with van der Waals surface area (Å²) in [5, 5.41) is 3.38. The Hall–Kier alpha value is -1.74. The van der Waals surface area contributed by atoms with Crippen LogP contribution in [0.4, 0.5) is 5.69 Å². The van der Waals surface area contributed by atoms with E-state index in [1.54, 1.807) is 0 Å². The zero-order valence-corrected chi connectivity index (χ0v) is 12.8. The minimum atomic E-state index is 0.866. The quantitative estimate of drug-likeness (QED) is 0.907. The van der Waals surface area contributed by atoms with Crippen LogP contribution in [0.5, 0.6) is 0 Å². The molecule has 0 radical (unpaired) electrons. The van der Waals surface area contributed by atoms with Crippen molar-refractivity contribution in [1.29, 1.82) is 0 Å². The van der Waals surface area contributed by atoms with Crippen LogP contribution >= 0.6 is 0 Å². The van der Waals surface area contributed by atoms with Crippen molar-refractivity contribution < 1.29 is 4.42 Å². The van der Waals surface area contributed by atoms with E-state index in [9.17, 15) is 0 Å². The molecule has 3 heteroatoms. The van der Waals surface area contributed by atoms with Crippen LogP contribution in [0, 0.1) is 0 Å². The van der Waals surface area contributed by atoms with Gasteiger partial charge < -0.3 is 14.6 Å². The van der Waals surface area contributed by atoms with E-state index in [1.165, 1.54) is 36.1 Å². The van der Waals surface area contributed by atoms with Crippen molar-refractivity contribution in [1.82, 2.24) is 5.32 Å². The van der Waals surface area contributed by atoms with Crippen molar-refractivity contribution in [2.45, 2.75) is 39.3 Å². The first-order valence-corrected chi connectivity index (χ1v) is 7.97. The number of anilines is 1. The number of benzene rings is 1. The average molecular weight is 284 g/mol. The standard InChI is InChI=1S/C18H24N2O/c1-2-19-13-16-10-12-21-18(16)14-20-11-6-5-8-15-7-3-4-9-17(15)20/h3-4,7,9-10,12,19H,2,5-6,8,11,13-14H2,1H3. The van der Waals surface area contributed by atoms with Crippen LogP contribution in [-0.4, -0.2) is 13.1 Å². The molecule has 0 amide bonds. The lowest BCUT2D eigenvalue weighted by Crippen LogP contribution is -2.24. The third kappa shape index (κ3) is 3.30. The molecule has 0 aliphatic carbocycles. The Bertz CT molecular complexity index is 576. The molecule has 2 aromatic rings. The van der Waals surface area contributed by atoms with Gasteiger partial charge in [0.2, 0.25) is 0 Å². The van der Waals surface area contributed by atoms with Crippen LogP contribution in [0.25, 0.3) is 0 Å². The van der Waals surface area contributed by atoms with E-state index in [0.717, 1.165) is 31.9 Å². The maximum atomic E-state index is 5.74. The average Bonchev–Trinajstić information content (AvgIpc) is 2.85. The van der Waals surface area contributed by atoms with Gasteiger partial charge in [0.05, 0.1) is 12.8 Å². The number of furan rings is 1. The van der Waals surface area contributed by atoms with Crippen molar-refractivity contribution >= 4 is 5.69 Å². The molecule has 2 heterocycles. The van der Waals surface area contributed by atoms with E-state index in [-0.39, 0.29) is 0 Å². The molecule has 1 N–H and O–H groups in total. The number of rotatable bonds is 5. The van der Waals surface area contributed by atoms with Crippen LogP contribution in [0.15, 0.2) is 41.0 Å². The van der Waals surface area contributed by atoms with Crippen LogP contribution in [-0.2, 0) is 19.5 Å². The molecular formula is C18H24N2O. The number of hydrogen-bond donors (Lipinski definition) is 1. The minimum Gasteiger partial charge on any atom is -0.467 e. The lowest BCUT2D eigenvalue weighted by atomic mass is 10.1. The van der Waals surface area contributed by atoms with Gasteiger partial charge in [-0.1, -0.05) is 25.1 Å². The van der Waals surface area contributed by atoms with Crippen molar-refractivity contribution in [2.75, 3.05) is 18.0 Å². The molecular weight excluding hydrogens is 260 g/mol. The van der Waals surface area contributed by atoms with Gasteiger partial charge in [0, 0.05) is 24.3 Å². The summed E-state index contributed by atoms with van der Waals surface area (Å²) in [5.41, 5.74) is 4.12. The summed E-state index contributed by atoms with van der Waals surface area (Å²) in [6.45, 7) is 5.98. The Morgan fingerprint density at radius 2 is 2.10 bits per heavy atom. The van der Waals surface area contributed by atoms with Crippen LogP contribution in [0.3, 0.4) is 0 Å². The van der Waals surface area contributed by atoms with Crippen LogP contribution < -0.4 is 10.2 Å². The molecule has 1 aliphatic heterocycles. The lowest BCUT2D eigenvalue weighted by Gasteiger charge is -2.24. The fraction of sp³-hybridized carbons (Fsp3) is 0.444. The number of fused-ring (bicyclic) bond motifs is 1. The van der Waals surface area contributed by atoms with Gasteiger partial charge in [-0.25, -0.2) is 0 Å². The van der Waals surface area contributed by atoms with Gasteiger partial charge in [0.15, 0.2) is 0 Å².